The van der Waals surface area contributed by atoms with Gasteiger partial charge in [0.25, 0.3) is 0 Å². The Hall–Kier alpha value is -0.330. The smallest absolute Gasteiger partial charge is 0.141 e. The van der Waals surface area contributed by atoms with Gasteiger partial charge in [-0.3, -0.25) is 4.79 Å². The first-order valence-electron chi connectivity index (χ1n) is 6.03. The van der Waals surface area contributed by atoms with Gasteiger partial charge in [-0.1, -0.05) is 47.5 Å². The van der Waals surface area contributed by atoms with E-state index in [0.717, 1.165) is 19.3 Å². The van der Waals surface area contributed by atoms with E-state index in [0.29, 0.717) is 5.78 Å². The quantitative estimate of drug-likeness (QED) is 0.599. The Morgan fingerprint density at radius 3 is 2.00 bits per heavy atom. The Morgan fingerprint density at radius 2 is 1.64 bits per heavy atom. The van der Waals surface area contributed by atoms with Gasteiger partial charge in [0.1, 0.15) is 5.78 Å². The Bertz CT molecular complexity index is 166. The summed E-state index contributed by atoms with van der Waals surface area (Å²) in [6, 6.07) is 0. The lowest BCUT2D eigenvalue weighted by atomic mass is 9.76. The molecular weight excluding hydrogens is 172 g/mol. The van der Waals surface area contributed by atoms with Gasteiger partial charge < -0.3 is 0 Å². The summed E-state index contributed by atoms with van der Waals surface area (Å²) in [5.74, 6) is 0.748. The number of Topliss-reactive ketones (excluding diaryl/α,β-unsaturated/α-hetero) is 1. The summed E-state index contributed by atoms with van der Waals surface area (Å²) >= 11 is 0. The van der Waals surface area contributed by atoms with Crippen LogP contribution in [0.15, 0.2) is 0 Å². The second kappa shape index (κ2) is 6.21. The van der Waals surface area contributed by atoms with E-state index < -0.39 is 0 Å². The first-order valence-corrected chi connectivity index (χ1v) is 6.03. The van der Waals surface area contributed by atoms with E-state index in [4.69, 9.17) is 0 Å². The third-order valence-electron chi connectivity index (χ3n) is 3.18. The molecule has 0 saturated carbocycles. The Morgan fingerprint density at radius 1 is 1.14 bits per heavy atom. The van der Waals surface area contributed by atoms with Crippen molar-refractivity contribution in [2.45, 2.75) is 66.7 Å². The number of ketones is 1. The van der Waals surface area contributed by atoms with E-state index >= 15 is 0 Å². The number of rotatable bonds is 7. The van der Waals surface area contributed by atoms with E-state index in [1.165, 1.54) is 12.8 Å². The molecule has 0 rings (SSSR count). The molecular formula is C13H26O. The molecule has 0 amide bonds. The van der Waals surface area contributed by atoms with Crippen LogP contribution < -0.4 is 0 Å². The van der Waals surface area contributed by atoms with Crippen LogP contribution in [0.25, 0.3) is 0 Å². The number of hydrogen-bond acceptors (Lipinski definition) is 1. The molecule has 0 aliphatic heterocycles. The van der Waals surface area contributed by atoms with Gasteiger partial charge in [-0.05, 0) is 19.3 Å². The monoisotopic (exact) mass is 198 g/mol. The molecule has 0 radical (unpaired) electrons. The predicted octanol–water partition coefficient (Wildman–Crippen LogP) is 4.21. The van der Waals surface area contributed by atoms with E-state index in [1.54, 1.807) is 0 Å². The average Bonchev–Trinajstić information content (AvgIpc) is 2.16. The summed E-state index contributed by atoms with van der Waals surface area (Å²) in [7, 11) is 0. The van der Waals surface area contributed by atoms with Crippen LogP contribution in [-0.4, -0.2) is 5.78 Å². The maximum atomic E-state index is 12.1. The van der Waals surface area contributed by atoms with E-state index in [-0.39, 0.29) is 11.3 Å². The van der Waals surface area contributed by atoms with Crippen LogP contribution in [0.2, 0.25) is 0 Å². The molecule has 0 heterocycles. The van der Waals surface area contributed by atoms with Crippen molar-refractivity contribution in [3.05, 3.63) is 0 Å². The molecule has 1 nitrogen and oxygen atoms in total. The molecule has 0 bridgehead atoms. The largest absolute Gasteiger partial charge is 0.299 e. The fourth-order valence-electron chi connectivity index (χ4n) is 1.95. The summed E-state index contributed by atoms with van der Waals surface area (Å²) in [6.07, 6.45) is 5.37. The van der Waals surface area contributed by atoms with Crippen molar-refractivity contribution < 1.29 is 4.79 Å². The molecule has 0 fully saturated rings. The Labute approximate surface area is 89.3 Å². The molecule has 0 saturated heterocycles. The zero-order valence-electron chi connectivity index (χ0n) is 10.5. The van der Waals surface area contributed by atoms with Crippen LogP contribution in [0.4, 0.5) is 0 Å². The molecule has 0 atom stereocenters. The number of carbonyl (C=O) groups is 1. The first-order chi connectivity index (χ1) is 6.49. The Kier molecular flexibility index (Phi) is 6.06. The number of hydrogen-bond donors (Lipinski definition) is 0. The highest BCUT2D eigenvalue weighted by Crippen LogP contribution is 2.30. The number of unbranched alkanes of at least 4 members (excludes halogenated alkanes) is 1. The second-order valence-corrected chi connectivity index (χ2v) is 4.87. The number of carbonyl (C=O) groups excluding carboxylic acids is 1. The molecule has 0 unspecified atom stereocenters. The van der Waals surface area contributed by atoms with Crippen molar-refractivity contribution in [2.75, 3.05) is 0 Å². The summed E-state index contributed by atoms with van der Waals surface area (Å²) in [4.78, 5) is 12.1. The average molecular weight is 198 g/mol. The maximum absolute atomic E-state index is 12.1. The first kappa shape index (κ1) is 13.7. The highest BCUT2D eigenvalue weighted by Gasteiger charge is 2.30. The Balaban J connectivity index is 4.31. The van der Waals surface area contributed by atoms with Gasteiger partial charge in [-0.2, -0.15) is 0 Å². The molecule has 14 heavy (non-hydrogen) atoms. The van der Waals surface area contributed by atoms with Crippen molar-refractivity contribution in [3.8, 4) is 0 Å². The van der Waals surface area contributed by atoms with E-state index in [9.17, 15) is 4.79 Å². The van der Waals surface area contributed by atoms with Crippen LogP contribution in [0.5, 0.6) is 0 Å². The van der Waals surface area contributed by atoms with Crippen molar-refractivity contribution >= 4 is 5.78 Å². The molecule has 0 aromatic heterocycles. The van der Waals surface area contributed by atoms with Crippen LogP contribution in [0, 0.1) is 11.3 Å². The van der Waals surface area contributed by atoms with Gasteiger partial charge >= 0.3 is 0 Å². The van der Waals surface area contributed by atoms with Gasteiger partial charge in [0.15, 0.2) is 0 Å². The minimum Gasteiger partial charge on any atom is -0.299 e. The van der Waals surface area contributed by atoms with Gasteiger partial charge in [0, 0.05) is 11.3 Å². The van der Waals surface area contributed by atoms with Crippen LogP contribution in [0.3, 0.4) is 0 Å². The third kappa shape index (κ3) is 3.81. The van der Waals surface area contributed by atoms with Gasteiger partial charge in [0.2, 0.25) is 0 Å². The SMILES string of the molecule is CCCCC(C)(C)C(=O)C(CC)CC. The van der Waals surface area contributed by atoms with Crippen LogP contribution >= 0.6 is 0 Å². The molecule has 84 valence electrons. The van der Waals surface area contributed by atoms with Crippen LogP contribution in [-0.2, 0) is 4.79 Å². The van der Waals surface area contributed by atoms with E-state index in [1.807, 2.05) is 0 Å². The highest BCUT2D eigenvalue weighted by molar-refractivity contribution is 5.86. The van der Waals surface area contributed by atoms with Gasteiger partial charge in [0.05, 0.1) is 0 Å². The lowest BCUT2D eigenvalue weighted by molar-refractivity contribution is -0.131. The van der Waals surface area contributed by atoms with Gasteiger partial charge in [-0.25, -0.2) is 0 Å². The van der Waals surface area contributed by atoms with Gasteiger partial charge in [-0.15, -0.1) is 0 Å². The second-order valence-electron chi connectivity index (χ2n) is 4.87. The topological polar surface area (TPSA) is 17.1 Å². The minimum atomic E-state index is -0.104. The lowest BCUT2D eigenvalue weighted by Crippen LogP contribution is -2.30. The third-order valence-corrected chi connectivity index (χ3v) is 3.18. The highest BCUT2D eigenvalue weighted by atomic mass is 16.1. The summed E-state index contributed by atoms with van der Waals surface area (Å²) in [5, 5.41) is 0. The standard InChI is InChI=1S/C13H26O/c1-6-9-10-13(4,5)12(14)11(7-2)8-3/h11H,6-10H2,1-5H3. The maximum Gasteiger partial charge on any atom is 0.141 e. The summed E-state index contributed by atoms with van der Waals surface area (Å²) < 4.78 is 0. The van der Waals surface area contributed by atoms with Crippen molar-refractivity contribution in [2.24, 2.45) is 11.3 Å². The fraction of sp³-hybridized carbons (Fsp3) is 0.923. The molecule has 0 aliphatic carbocycles. The molecule has 0 aromatic rings. The predicted molar refractivity (Wildman–Crippen MR) is 62.4 cm³/mol. The normalized spacial score (nSPS) is 12.1. The molecule has 0 N–H and O–H groups in total. The fourth-order valence-corrected chi connectivity index (χ4v) is 1.95. The zero-order chi connectivity index (χ0) is 11.2. The molecule has 1 heteroatoms. The molecule has 0 aromatic carbocycles. The summed E-state index contributed by atoms with van der Waals surface area (Å²) in [6.45, 7) is 10.6. The van der Waals surface area contributed by atoms with Crippen molar-refractivity contribution in [1.82, 2.24) is 0 Å². The lowest BCUT2D eigenvalue weighted by Gasteiger charge is -2.27. The van der Waals surface area contributed by atoms with Crippen molar-refractivity contribution in [3.63, 3.8) is 0 Å². The zero-order valence-corrected chi connectivity index (χ0v) is 10.5. The minimum absolute atomic E-state index is 0.104. The molecule has 0 spiro atoms. The van der Waals surface area contributed by atoms with E-state index in [2.05, 4.69) is 34.6 Å². The van der Waals surface area contributed by atoms with Crippen molar-refractivity contribution in [1.29, 1.82) is 0 Å². The van der Waals surface area contributed by atoms with Crippen LogP contribution in [0.1, 0.15) is 66.7 Å². The summed E-state index contributed by atoms with van der Waals surface area (Å²) in [5.41, 5.74) is -0.104. The molecule has 0 aliphatic rings.